The Morgan fingerprint density at radius 3 is 2.67 bits per heavy atom. The molecule has 64 valence electrons. The third kappa shape index (κ3) is 1.14. The smallest absolute Gasteiger partial charge is 0.136 e. The number of aldehydes is 1. The first-order valence-corrected chi connectivity index (χ1v) is 5.18. The lowest BCUT2D eigenvalue weighted by atomic mass is 9.86. The van der Waals surface area contributed by atoms with Crippen LogP contribution in [0.4, 0.5) is 0 Å². The molecule has 1 aliphatic heterocycles. The molecular formula is C8H7BrO2S. The van der Waals surface area contributed by atoms with Crippen LogP contribution >= 0.6 is 27.3 Å². The first-order chi connectivity index (χ1) is 5.77. The molecule has 0 spiro atoms. The van der Waals surface area contributed by atoms with Gasteiger partial charge in [-0.3, -0.25) is 0 Å². The normalized spacial score (nSPS) is 20.1. The van der Waals surface area contributed by atoms with Crippen LogP contribution < -0.4 is 0 Å². The Balaban J connectivity index is 2.33. The standard InChI is InChI=1S/C8H7BrO2S/c9-7-2-1-6(12-7)8(3-10)4-11-5-8/h1-3H,4-5H2. The summed E-state index contributed by atoms with van der Waals surface area (Å²) >= 11 is 4.97. The zero-order valence-electron chi connectivity index (χ0n) is 6.25. The van der Waals surface area contributed by atoms with Crippen LogP contribution in [0.25, 0.3) is 0 Å². The van der Waals surface area contributed by atoms with Gasteiger partial charge in [-0.1, -0.05) is 0 Å². The van der Waals surface area contributed by atoms with Crippen LogP contribution in [0.5, 0.6) is 0 Å². The summed E-state index contributed by atoms with van der Waals surface area (Å²) in [4.78, 5) is 11.9. The summed E-state index contributed by atoms with van der Waals surface area (Å²) in [7, 11) is 0. The fourth-order valence-corrected chi connectivity index (χ4v) is 2.68. The van der Waals surface area contributed by atoms with E-state index in [2.05, 4.69) is 15.9 Å². The molecule has 1 fully saturated rings. The first-order valence-electron chi connectivity index (χ1n) is 3.57. The molecule has 0 aliphatic carbocycles. The van der Waals surface area contributed by atoms with E-state index in [1.54, 1.807) is 11.3 Å². The molecule has 12 heavy (non-hydrogen) atoms. The Bertz CT molecular complexity index is 304. The van der Waals surface area contributed by atoms with E-state index in [9.17, 15) is 4.79 Å². The zero-order chi connectivity index (χ0) is 8.60. The molecule has 2 heterocycles. The fourth-order valence-electron chi connectivity index (χ4n) is 1.17. The zero-order valence-corrected chi connectivity index (χ0v) is 8.65. The molecule has 0 amide bonds. The first kappa shape index (κ1) is 8.41. The minimum absolute atomic E-state index is 0.337. The number of carbonyl (C=O) groups is 1. The van der Waals surface area contributed by atoms with Gasteiger partial charge in [-0.15, -0.1) is 11.3 Å². The maximum Gasteiger partial charge on any atom is 0.136 e. The Morgan fingerprint density at radius 2 is 2.33 bits per heavy atom. The van der Waals surface area contributed by atoms with Gasteiger partial charge in [-0.25, -0.2) is 0 Å². The van der Waals surface area contributed by atoms with E-state index in [4.69, 9.17) is 4.74 Å². The molecule has 0 N–H and O–H groups in total. The predicted octanol–water partition coefficient (Wildman–Crippen LogP) is 1.98. The molecule has 1 aliphatic rings. The predicted molar refractivity (Wildman–Crippen MR) is 50.6 cm³/mol. The molecule has 1 aromatic heterocycles. The molecular weight excluding hydrogens is 240 g/mol. The van der Waals surface area contributed by atoms with E-state index in [0.717, 1.165) is 14.9 Å². The van der Waals surface area contributed by atoms with Gasteiger partial charge in [0.1, 0.15) is 11.7 Å². The summed E-state index contributed by atoms with van der Waals surface area (Å²) in [6.45, 7) is 1.06. The molecule has 0 saturated carbocycles. The van der Waals surface area contributed by atoms with E-state index >= 15 is 0 Å². The summed E-state index contributed by atoms with van der Waals surface area (Å²) in [6, 6.07) is 3.94. The highest BCUT2D eigenvalue weighted by atomic mass is 79.9. The van der Waals surface area contributed by atoms with Gasteiger partial charge < -0.3 is 9.53 Å². The van der Waals surface area contributed by atoms with E-state index in [1.165, 1.54) is 0 Å². The minimum atomic E-state index is -0.337. The highest BCUT2D eigenvalue weighted by Gasteiger charge is 2.41. The molecule has 4 heteroatoms. The molecule has 0 radical (unpaired) electrons. The van der Waals surface area contributed by atoms with Gasteiger partial charge in [-0.05, 0) is 28.1 Å². The number of thiophene rings is 1. The summed E-state index contributed by atoms with van der Waals surface area (Å²) in [5, 5.41) is 0. The van der Waals surface area contributed by atoms with Gasteiger partial charge in [0.2, 0.25) is 0 Å². The third-order valence-corrected chi connectivity index (χ3v) is 3.85. The Hall–Kier alpha value is -0.190. The number of hydrogen-bond acceptors (Lipinski definition) is 3. The molecule has 0 atom stereocenters. The van der Waals surface area contributed by atoms with Crippen molar-refractivity contribution in [3.63, 3.8) is 0 Å². The van der Waals surface area contributed by atoms with Gasteiger partial charge >= 0.3 is 0 Å². The van der Waals surface area contributed by atoms with Crippen LogP contribution in [0.1, 0.15) is 4.88 Å². The molecule has 0 bridgehead atoms. The second kappa shape index (κ2) is 2.94. The molecule has 0 unspecified atom stereocenters. The van der Waals surface area contributed by atoms with Crippen molar-refractivity contribution in [1.29, 1.82) is 0 Å². The van der Waals surface area contributed by atoms with Crippen molar-refractivity contribution in [2.75, 3.05) is 13.2 Å². The van der Waals surface area contributed by atoms with Crippen molar-refractivity contribution in [1.82, 2.24) is 0 Å². The lowest BCUT2D eigenvalue weighted by Gasteiger charge is -2.35. The molecule has 0 aromatic carbocycles. The maximum absolute atomic E-state index is 10.8. The van der Waals surface area contributed by atoms with Gasteiger partial charge in [0.15, 0.2) is 0 Å². The molecule has 2 nitrogen and oxygen atoms in total. The summed E-state index contributed by atoms with van der Waals surface area (Å²) < 4.78 is 6.11. The van der Waals surface area contributed by atoms with Gasteiger partial charge in [0, 0.05) is 4.88 Å². The third-order valence-electron chi connectivity index (χ3n) is 2.01. The van der Waals surface area contributed by atoms with Crippen molar-refractivity contribution in [2.45, 2.75) is 5.41 Å². The second-order valence-electron chi connectivity index (χ2n) is 2.87. The molecule has 1 aromatic rings. The summed E-state index contributed by atoms with van der Waals surface area (Å²) in [5.41, 5.74) is -0.337. The maximum atomic E-state index is 10.8. The fraction of sp³-hybridized carbons (Fsp3) is 0.375. The number of ether oxygens (including phenoxy) is 1. The Kier molecular flexibility index (Phi) is 2.06. The van der Waals surface area contributed by atoms with Crippen LogP contribution in [0.2, 0.25) is 0 Å². The average Bonchev–Trinajstić information content (AvgIpc) is 2.35. The van der Waals surface area contributed by atoms with Crippen LogP contribution in [-0.2, 0) is 14.9 Å². The Morgan fingerprint density at radius 1 is 1.58 bits per heavy atom. The Labute approximate surface area is 82.7 Å². The average molecular weight is 247 g/mol. The lowest BCUT2D eigenvalue weighted by molar-refractivity contribution is -0.129. The molecule has 2 rings (SSSR count). The highest BCUT2D eigenvalue weighted by molar-refractivity contribution is 9.11. The second-order valence-corrected chi connectivity index (χ2v) is 5.33. The van der Waals surface area contributed by atoms with Crippen LogP contribution in [0.15, 0.2) is 15.9 Å². The van der Waals surface area contributed by atoms with Crippen molar-refractivity contribution in [2.24, 2.45) is 0 Å². The molecule has 1 saturated heterocycles. The summed E-state index contributed by atoms with van der Waals surface area (Å²) in [6.07, 6.45) is 0.995. The van der Waals surface area contributed by atoms with E-state index in [-0.39, 0.29) is 5.41 Å². The number of hydrogen-bond donors (Lipinski definition) is 0. The van der Waals surface area contributed by atoms with Gasteiger partial charge in [-0.2, -0.15) is 0 Å². The lowest BCUT2D eigenvalue weighted by Crippen LogP contribution is -2.47. The minimum Gasteiger partial charge on any atom is -0.378 e. The van der Waals surface area contributed by atoms with Gasteiger partial charge in [0.05, 0.1) is 17.0 Å². The van der Waals surface area contributed by atoms with E-state index in [1.807, 2.05) is 12.1 Å². The SMILES string of the molecule is O=CC1(c2ccc(Br)s2)COC1. The van der Waals surface area contributed by atoms with E-state index in [0.29, 0.717) is 13.2 Å². The van der Waals surface area contributed by atoms with Crippen LogP contribution in [0.3, 0.4) is 0 Å². The van der Waals surface area contributed by atoms with Crippen LogP contribution in [-0.4, -0.2) is 19.5 Å². The monoisotopic (exact) mass is 246 g/mol. The number of halogens is 1. The van der Waals surface area contributed by atoms with Crippen LogP contribution in [0, 0.1) is 0 Å². The quantitative estimate of drug-likeness (QED) is 0.747. The summed E-state index contributed by atoms with van der Waals surface area (Å²) in [5.74, 6) is 0. The number of rotatable bonds is 2. The largest absolute Gasteiger partial charge is 0.378 e. The number of carbonyl (C=O) groups excluding carboxylic acids is 1. The van der Waals surface area contributed by atoms with Crippen molar-refractivity contribution in [3.05, 3.63) is 20.8 Å². The van der Waals surface area contributed by atoms with Crippen molar-refractivity contribution < 1.29 is 9.53 Å². The topological polar surface area (TPSA) is 26.3 Å². The van der Waals surface area contributed by atoms with Crippen molar-refractivity contribution in [3.8, 4) is 0 Å². The highest BCUT2D eigenvalue weighted by Crippen LogP contribution is 2.36. The van der Waals surface area contributed by atoms with Gasteiger partial charge in [0.25, 0.3) is 0 Å². The van der Waals surface area contributed by atoms with E-state index < -0.39 is 0 Å². The van der Waals surface area contributed by atoms with Crippen molar-refractivity contribution >= 4 is 33.6 Å².